The Morgan fingerprint density at radius 2 is 1.71 bits per heavy atom. The van der Waals surface area contributed by atoms with E-state index in [0.717, 1.165) is 36.8 Å². The highest BCUT2D eigenvalue weighted by Crippen LogP contribution is 2.35. The highest BCUT2D eigenvalue weighted by atomic mass is 19.2. The first-order chi connectivity index (χ1) is 16.5. The number of ether oxygens (including phenoxy) is 1. The van der Waals surface area contributed by atoms with Gasteiger partial charge < -0.3 is 4.74 Å². The van der Waals surface area contributed by atoms with Crippen LogP contribution in [0.5, 0.6) is 0 Å². The van der Waals surface area contributed by atoms with Crippen molar-refractivity contribution in [2.24, 2.45) is 0 Å². The molecular formula is C29H29F3O2. The summed E-state index contributed by atoms with van der Waals surface area (Å²) < 4.78 is 49.5. The lowest BCUT2D eigenvalue weighted by atomic mass is 9.88. The molecule has 4 rings (SSSR count). The molecule has 178 valence electrons. The van der Waals surface area contributed by atoms with Crippen molar-refractivity contribution in [3.8, 4) is 11.1 Å². The quantitative estimate of drug-likeness (QED) is 0.316. The van der Waals surface area contributed by atoms with E-state index < -0.39 is 12.3 Å². The summed E-state index contributed by atoms with van der Waals surface area (Å²) in [5, 5.41) is 0. The topological polar surface area (TPSA) is 26.3 Å². The summed E-state index contributed by atoms with van der Waals surface area (Å²) in [5.41, 5.74) is 2.69. The van der Waals surface area contributed by atoms with Crippen LogP contribution in [0.1, 0.15) is 49.7 Å². The van der Waals surface area contributed by atoms with E-state index in [9.17, 15) is 13.6 Å². The fraction of sp³-hybridized carbons (Fsp3) is 0.345. The molecule has 5 heteroatoms. The Bertz CT molecular complexity index is 1090. The third kappa shape index (κ3) is 5.25. The minimum atomic E-state index is -1.97. The van der Waals surface area contributed by atoms with Crippen LogP contribution in [0, 0.1) is 5.82 Å². The molecule has 0 amide bonds. The van der Waals surface area contributed by atoms with Gasteiger partial charge in [0, 0.05) is 11.5 Å². The first-order valence-corrected chi connectivity index (χ1v) is 11.8. The average Bonchev–Trinajstić information content (AvgIpc) is 2.86. The minimum Gasteiger partial charge on any atom is -0.378 e. The molecule has 2 aliphatic rings. The standard InChI is InChI=1S/C29H29F3O2/c1-2-3-4-5-24-13-10-23(18-34-24)25-14-11-21(16-27(25)30)19-6-8-20(9-7-19)26-15-12-22(17-33)28(31)29(26)32/h2-3,6-9,11-12,14-17,23-24,28-29H,4-5,10,13,18H2,1H3/b3-2+. The zero-order valence-electron chi connectivity index (χ0n) is 19.2. The highest BCUT2D eigenvalue weighted by Gasteiger charge is 2.31. The summed E-state index contributed by atoms with van der Waals surface area (Å²) in [6, 6.07) is 12.2. The minimum absolute atomic E-state index is 0.0482. The van der Waals surface area contributed by atoms with E-state index in [-0.39, 0.29) is 29.0 Å². The Morgan fingerprint density at radius 1 is 0.971 bits per heavy atom. The van der Waals surface area contributed by atoms with Gasteiger partial charge in [0.05, 0.1) is 12.7 Å². The molecule has 1 fully saturated rings. The van der Waals surface area contributed by atoms with E-state index in [1.165, 1.54) is 18.2 Å². The number of allylic oxidation sites excluding steroid dienone is 6. The SMILES string of the molecule is C/C=C/CCC1CCC(c2ccc(-c3ccc(C4=CC=C(C=O)C(F)C4F)cc3)cc2F)CO1. The molecule has 1 aliphatic carbocycles. The molecule has 1 heterocycles. The summed E-state index contributed by atoms with van der Waals surface area (Å²) in [6.45, 7) is 2.54. The number of benzene rings is 2. The van der Waals surface area contributed by atoms with Crippen LogP contribution >= 0.6 is 0 Å². The molecule has 0 bridgehead atoms. The number of carbonyl (C=O) groups is 1. The van der Waals surface area contributed by atoms with Gasteiger partial charge in [-0.25, -0.2) is 13.2 Å². The predicted octanol–water partition coefficient (Wildman–Crippen LogP) is 7.31. The zero-order valence-corrected chi connectivity index (χ0v) is 19.2. The number of hydrogen-bond acceptors (Lipinski definition) is 2. The zero-order chi connectivity index (χ0) is 24.1. The van der Waals surface area contributed by atoms with Gasteiger partial charge >= 0.3 is 0 Å². The molecule has 2 nitrogen and oxygen atoms in total. The number of halogens is 3. The maximum atomic E-state index is 15.0. The van der Waals surface area contributed by atoms with Crippen molar-refractivity contribution in [1.29, 1.82) is 0 Å². The fourth-order valence-electron chi connectivity index (χ4n) is 4.68. The van der Waals surface area contributed by atoms with Gasteiger partial charge in [0.2, 0.25) is 0 Å². The van der Waals surface area contributed by atoms with Gasteiger partial charge in [-0.15, -0.1) is 0 Å². The number of aldehydes is 1. The molecule has 0 radical (unpaired) electrons. The van der Waals surface area contributed by atoms with Gasteiger partial charge in [0.1, 0.15) is 12.1 Å². The molecule has 0 spiro atoms. The lowest BCUT2D eigenvalue weighted by Gasteiger charge is -2.29. The molecule has 2 aromatic rings. The Hall–Kier alpha value is -2.92. The van der Waals surface area contributed by atoms with E-state index in [1.54, 1.807) is 24.3 Å². The smallest absolute Gasteiger partial charge is 0.164 e. The molecule has 0 saturated carbocycles. The van der Waals surface area contributed by atoms with Crippen LogP contribution in [0.25, 0.3) is 16.7 Å². The lowest BCUT2D eigenvalue weighted by molar-refractivity contribution is -0.105. The van der Waals surface area contributed by atoms with Crippen molar-refractivity contribution in [3.63, 3.8) is 0 Å². The van der Waals surface area contributed by atoms with Crippen LogP contribution < -0.4 is 0 Å². The molecule has 34 heavy (non-hydrogen) atoms. The molecule has 4 atom stereocenters. The van der Waals surface area contributed by atoms with Crippen molar-refractivity contribution < 1.29 is 22.7 Å². The van der Waals surface area contributed by atoms with Gasteiger partial charge in [0.15, 0.2) is 12.3 Å². The van der Waals surface area contributed by atoms with E-state index in [2.05, 4.69) is 6.08 Å². The van der Waals surface area contributed by atoms with Crippen molar-refractivity contribution in [3.05, 3.63) is 89.3 Å². The van der Waals surface area contributed by atoms with Crippen molar-refractivity contribution in [1.82, 2.24) is 0 Å². The summed E-state index contributed by atoms with van der Waals surface area (Å²) in [5.74, 6) is -0.208. The van der Waals surface area contributed by atoms with Crippen LogP contribution in [0.4, 0.5) is 13.2 Å². The predicted molar refractivity (Wildman–Crippen MR) is 130 cm³/mol. The summed E-state index contributed by atoms with van der Waals surface area (Å²) in [7, 11) is 0. The van der Waals surface area contributed by atoms with Gasteiger partial charge in [-0.1, -0.05) is 60.7 Å². The largest absolute Gasteiger partial charge is 0.378 e. The molecule has 2 aromatic carbocycles. The summed E-state index contributed by atoms with van der Waals surface area (Å²) in [6.07, 6.45) is 7.48. The molecule has 4 unspecified atom stereocenters. The number of alkyl halides is 2. The van der Waals surface area contributed by atoms with Gasteiger partial charge in [-0.05, 0) is 66.5 Å². The van der Waals surface area contributed by atoms with Gasteiger partial charge in [0.25, 0.3) is 0 Å². The van der Waals surface area contributed by atoms with Gasteiger partial charge in [-0.3, -0.25) is 4.79 Å². The maximum Gasteiger partial charge on any atom is 0.164 e. The van der Waals surface area contributed by atoms with E-state index in [1.807, 2.05) is 25.1 Å². The van der Waals surface area contributed by atoms with E-state index >= 15 is 4.39 Å². The molecule has 0 aromatic heterocycles. The third-order valence-corrected chi connectivity index (χ3v) is 6.72. The van der Waals surface area contributed by atoms with E-state index in [0.29, 0.717) is 24.0 Å². The Labute approximate surface area is 198 Å². The van der Waals surface area contributed by atoms with Crippen molar-refractivity contribution >= 4 is 11.9 Å². The Morgan fingerprint density at radius 3 is 2.35 bits per heavy atom. The van der Waals surface area contributed by atoms with Crippen LogP contribution in [0.15, 0.2) is 72.3 Å². The van der Waals surface area contributed by atoms with E-state index in [4.69, 9.17) is 4.74 Å². The van der Waals surface area contributed by atoms with Crippen LogP contribution in [0.3, 0.4) is 0 Å². The van der Waals surface area contributed by atoms with Crippen LogP contribution in [0.2, 0.25) is 0 Å². The summed E-state index contributed by atoms with van der Waals surface area (Å²) >= 11 is 0. The molecular weight excluding hydrogens is 437 g/mol. The Balaban J connectivity index is 1.44. The number of hydrogen-bond donors (Lipinski definition) is 0. The van der Waals surface area contributed by atoms with Gasteiger partial charge in [-0.2, -0.15) is 0 Å². The van der Waals surface area contributed by atoms with Crippen molar-refractivity contribution in [2.75, 3.05) is 6.61 Å². The normalized spacial score (nSPS) is 25.2. The Kier molecular flexibility index (Phi) is 7.84. The first-order valence-electron chi connectivity index (χ1n) is 11.8. The van der Waals surface area contributed by atoms with Crippen LogP contribution in [-0.2, 0) is 9.53 Å². The average molecular weight is 467 g/mol. The number of carbonyl (C=O) groups excluding carboxylic acids is 1. The second-order valence-electron chi connectivity index (χ2n) is 8.90. The first kappa shape index (κ1) is 24.2. The molecule has 1 aliphatic heterocycles. The second-order valence-corrected chi connectivity index (χ2v) is 8.90. The van der Waals surface area contributed by atoms with Crippen molar-refractivity contribution in [2.45, 2.75) is 57.0 Å². The van der Waals surface area contributed by atoms with Crippen LogP contribution in [-0.4, -0.2) is 31.3 Å². The molecule has 1 saturated heterocycles. The highest BCUT2D eigenvalue weighted by molar-refractivity contribution is 5.83. The monoisotopic (exact) mass is 466 g/mol. The summed E-state index contributed by atoms with van der Waals surface area (Å²) in [4.78, 5) is 10.8. The maximum absolute atomic E-state index is 15.0. The number of rotatable bonds is 7. The second kappa shape index (κ2) is 11.0. The third-order valence-electron chi connectivity index (χ3n) is 6.72. The molecule has 0 N–H and O–H groups in total. The fourth-order valence-corrected chi connectivity index (χ4v) is 4.68. The lowest BCUT2D eigenvalue weighted by Crippen LogP contribution is -2.25.